The van der Waals surface area contributed by atoms with Crippen LogP contribution >= 0.6 is 11.3 Å². The second kappa shape index (κ2) is 6.51. The second-order valence-electron chi connectivity index (χ2n) is 4.51. The lowest BCUT2D eigenvalue weighted by atomic mass is 10.0. The molecule has 1 aromatic heterocycles. The zero-order valence-electron chi connectivity index (χ0n) is 10.3. The molecule has 0 spiro atoms. The van der Waals surface area contributed by atoms with E-state index in [1.165, 1.54) is 11.3 Å². The first-order chi connectivity index (χ1) is 8.40. The highest BCUT2D eigenvalue weighted by molar-refractivity contribution is 7.10. The monoisotopic (exact) mass is 271 g/mol. The van der Waals surface area contributed by atoms with Crippen molar-refractivity contribution in [2.75, 3.05) is 0 Å². The van der Waals surface area contributed by atoms with Crippen molar-refractivity contribution in [2.24, 2.45) is 5.92 Å². The zero-order valence-corrected chi connectivity index (χ0v) is 11.2. The number of thiophene rings is 1. The SMILES string of the molecule is CC(C)CC(NCc1cc(C(=O)O)cs1)C(=O)O. The Bertz CT molecular complexity index is 427. The Morgan fingerprint density at radius 3 is 2.50 bits per heavy atom. The van der Waals surface area contributed by atoms with Crippen molar-refractivity contribution >= 4 is 23.3 Å². The summed E-state index contributed by atoms with van der Waals surface area (Å²) in [5, 5.41) is 22.3. The fourth-order valence-corrected chi connectivity index (χ4v) is 2.36. The predicted octanol–water partition coefficient (Wildman–Crippen LogP) is 2.04. The molecule has 0 aliphatic heterocycles. The molecule has 1 aromatic rings. The smallest absolute Gasteiger partial charge is 0.336 e. The molecule has 0 saturated heterocycles. The summed E-state index contributed by atoms with van der Waals surface area (Å²) in [6.07, 6.45) is 0.548. The fraction of sp³-hybridized carbons (Fsp3) is 0.500. The number of rotatable bonds is 7. The summed E-state index contributed by atoms with van der Waals surface area (Å²) in [4.78, 5) is 22.5. The average Bonchev–Trinajstić information content (AvgIpc) is 2.72. The van der Waals surface area contributed by atoms with Crippen LogP contribution in [0.25, 0.3) is 0 Å². The Balaban J connectivity index is 2.55. The van der Waals surface area contributed by atoms with Crippen molar-refractivity contribution in [3.05, 3.63) is 21.9 Å². The van der Waals surface area contributed by atoms with E-state index in [0.717, 1.165) is 4.88 Å². The number of aromatic carboxylic acids is 1. The molecule has 0 aliphatic rings. The molecule has 0 bridgehead atoms. The Kier molecular flexibility index (Phi) is 5.30. The van der Waals surface area contributed by atoms with E-state index in [4.69, 9.17) is 10.2 Å². The minimum Gasteiger partial charge on any atom is -0.480 e. The van der Waals surface area contributed by atoms with Crippen LogP contribution in [0.4, 0.5) is 0 Å². The quantitative estimate of drug-likeness (QED) is 0.706. The highest BCUT2D eigenvalue weighted by Crippen LogP contribution is 2.15. The molecule has 0 fully saturated rings. The molecular formula is C12H17NO4S. The summed E-state index contributed by atoms with van der Waals surface area (Å²) in [5.41, 5.74) is 0.243. The lowest BCUT2D eigenvalue weighted by Gasteiger charge is -2.15. The van der Waals surface area contributed by atoms with E-state index >= 15 is 0 Å². The molecule has 1 rings (SSSR count). The first kappa shape index (κ1) is 14.7. The number of carbonyl (C=O) groups is 2. The number of nitrogens with one attached hydrogen (secondary N) is 1. The molecule has 0 amide bonds. The van der Waals surface area contributed by atoms with E-state index < -0.39 is 18.0 Å². The van der Waals surface area contributed by atoms with E-state index in [9.17, 15) is 9.59 Å². The zero-order chi connectivity index (χ0) is 13.7. The molecule has 3 N–H and O–H groups in total. The minimum atomic E-state index is -0.963. The van der Waals surface area contributed by atoms with Gasteiger partial charge in [0.25, 0.3) is 0 Å². The Labute approximate surface area is 109 Å². The summed E-state index contributed by atoms with van der Waals surface area (Å²) >= 11 is 1.31. The van der Waals surface area contributed by atoms with Gasteiger partial charge in [-0.2, -0.15) is 0 Å². The number of hydrogen-bond donors (Lipinski definition) is 3. The van der Waals surface area contributed by atoms with Gasteiger partial charge in [0.1, 0.15) is 6.04 Å². The molecule has 0 aromatic carbocycles. The van der Waals surface area contributed by atoms with Gasteiger partial charge >= 0.3 is 11.9 Å². The maximum absolute atomic E-state index is 11.0. The highest BCUT2D eigenvalue weighted by Gasteiger charge is 2.18. The van der Waals surface area contributed by atoms with E-state index in [1.54, 1.807) is 11.4 Å². The molecule has 0 saturated carbocycles. The van der Waals surface area contributed by atoms with Gasteiger partial charge in [0.15, 0.2) is 0 Å². The molecule has 6 heteroatoms. The molecule has 0 radical (unpaired) electrons. The topological polar surface area (TPSA) is 86.6 Å². The van der Waals surface area contributed by atoms with Crippen LogP contribution in [-0.2, 0) is 11.3 Å². The Morgan fingerprint density at radius 1 is 1.39 bits per heavy atom. The van der Waals surface area contributed by atoms with Gasteiger partial charge in [-0.25, -0.2) is 4.79 Å². The van der Waals surface area contributed by atoms with Crippen LogP contribution < -0.4 is 5.32 Å². The molecule has 100 valence electrons. The van der Waals surface area contributed by atoms with Crippen molar-refractivity contribution in [3.63, 3.8) is 0 Å². The Hall–Kier alpha value is -1.40. The van der Waals surface area contributed by atoms with Crippen LogP contribution in [0.5, 0.6) is 0 Å². The standard InChI is InChI=1S/C12H17NO4S/c1-7(2)3-10(12(16)17)13-5-9-4-8(6-18-9)11(14)15/h4,6-7,10,13H,3,5H2,1-2H3,(H,14,15)(H,16,17). The van der Waals surface area contributed by atoms with E-state index in [0.29, 0.717) is 13.0 Å². The van der Waals surface area contributed by atoms with Gasteiger partial charge in [-0.1, -0.05) is 13.8 Å². The third-order valence-corrected chi connectivity index (χ3v) is 3.37. The Morgan fingerprint density at radius 2 is 2.06 bits per heavy atom. The van der Waals surface area contributed by atoms with E-state index in [1.807, 2.05) is 13.8 Å². The van der Waals surface area contributed by atoms with Crippen molar-refractivity contribution in [2.45, 2.75) is 32.9 Å². The van der Waals surface area contributed by atoms with E-state index in [2.05, 4.69) is 5.32 Å². The normalized spacial score (nSPS) is 12.6. The lowest BCUT2D eigenvalue weighted by Crippen LogP contribution is -2.37. The van der Waals surface area contributed by atoms with Crippen molar-refractivity contribution in [3.8, 4) is 0 Å². The van der Waals surface area contributed by atoms with Gasteiger partial charge in [0.2, 0.25) is 0 Å². The van der Waals surface area contributed by atoms with Crippen LogP contribution in [-0.4, -0.2) is 28.2 Å². The number of carboxylic acid groups (broad SMARTS) is 2. The molecular weight excluding hydrogens is 254 g/mol. The van der Waals surface area contributed by atoms with Crippen LogP contribution in [0.3, 0.4) is 0 Å². The summed E-state index contributed by atoms with van der Waals surface area (Å²) in [5.74, 6) is -1.55. The largest absolute Gasteiger partial charge is 0.480 e. The summed E-state index contributed by atoms with van der Waals surface area (Å²) in [6.45, 7) is 4.30. The van der Waals surface area contributed by atoms with Gasteiger partial charge in [0, 0.05) is 16.8 Å². The fourth-order valence-electron chi connectivity index (χ4n) is 1.55. The maximum Gasteiger partial charge on any atom is 0.336 e. The molecule has 1 atom stereocenters. The number of aliphatic carboxylic acids is 1. The maximum atomic E-state index is 11.0. The summed E-state index contributed by atoms with van der Waals surface area (Å²) in [7, 11) is 0. The minimum absolute atomic E-state index is 0.243. The molecule has 5 nitrogen and oxygen atoms in total. The van der Waals surface area contributed by atoms with E-state index in [-0.39, 0.29) is 11.5 Å². The van der Waals surface area contributed by atoms with Crippen LogP contribution in [0, 0.1) is 5.92 Å². The van der Waals surface area contributed by atoms with Crippen LogP contribution in [0.2, 0.25) is 0 Å². The van der Waals surface area contributed by atoms with Crippen molar-refractivity contribution in [1.82, 2.24) is 5.32 Å². The third-order valence-electron chi connectivity index (χ3n) is 2.43. The molecule has 0 aliphatic carbocycles. The van der Waals surface area contributed by atoms with Gasteiger partial charge in [0.05, 0.1) is 5.56 Å². The number of hydrogen-bond acceptors (Lipinski definition) is 4. The van der Waals surface area contributed by atoms with Crippen molar-refractivity contribution in [1.29, 1.82) is 0 Å². The van der Waals surface area contributed by atoms with Gasteiger partial charge in [-0.15, -0.1) is 11.3 Å². The van der Waals surface area contributed by atoms with Gasteiger partial charge in [-0.3, -0.25) is 10.1 Å². The predicted molar refractivity (Wildman–Crippen MR) is 69.0 cm³/mol. The average molecular weight is 271 g/mol. The van der Waals surface area contributed by atoms with Crippen LogP contribution in [0.15, 0.2) is 11.4 Å². The van der Waals surface area contributed by atoms with Crippen LogP contribution in [0.1, 0.15) is 35.5 Å². The summed E-state index contributed by atoms with van der Waals surface area (Å²) in [6, 6.07) is 0.967. The highest BCUT2D eigenvalue weighted by atomic mass is 32.1. The third kappa shape index (κ3) is 4.46. The van der Waals surface area contributed by atoms with Crippen molar-refractivity contribution < 1.29 is 19.8 Å². The number of carboxylic acids is 2. The summed E-state index contributed by atoms with van der Waals surface area (Å²) < 4.78 is 0. The lowest BCUT2D eigenvalue weighted by molar-refractivity contribution is -0.140. The second-order valence-corrected chi connectivity index (χ2v) is 5.50. The molecule has 1 heterocycles. The first-order valence-electron chi connectivity index (χ1n) is 5.67. The van der Waals surface area contributed by atoms with Gasteiger partial charge < -0.3 is 10.2 Å². The first-order valence-corrected chi connectivity index (χ1v) is 6.55. The molecule has 18 heavy (non-hydrogen) atoms. The molecule has 1 unspecified atom stereocenters. The van der Waals surface area contributed by atoms with Gasteiger partial charge in [-0.05, 0) is 18.4 Å².